The van der Waals surface area contributed by atoms with Crippen LogP contribution in [0.15, 0.2) is 83.6 Å². The molecule has 2 aromatic carbocycles. The molecule has 0 aliphatic heterocycles. The zero-order valence-electron chi connectivity index (χ0n) is 18.6. The molecule has 10 heteroatoms. The summed E-state index contributed by atoms with van der Waals surface area (Å²) in [6.07, 6.45) is 3.48. The van der Waals surface area contributed by atoms with Crippen LogP contribution in [0.2, 0.25) is 0 Å². The molecule has 0 unspecified atom stereocenters. The molecule has 7 nitrogen and oxygen atoms in total. The molecule has 0 aliphatic rings. The Morgan fingerprint density at radius 1 is 1.09 bits per heavy atom. The molecule has 0 atom stereocenters. The first kappa shape index (κ1) is 22.9. The molecule has 0 saturated heterocycles. The van der Waals surface area contributed by atoms with E-state index in [2.05, 4.69) is 25.5 Å². The van der Waals surface area contributed by atoms with Crippen molar-refractivity contribution >= 4 is 34.7 Å². The molecule has 3 aromatic heterocycles. The highest BCUT2D eigenvalue weighted by atomic mass is 32.2. The van der Waals surface area contributed by atoms with Gasteiger partial charge in [-0.1, -0.05) is 42.1 Å². The molecule has 5 aromatic rings. The standard InChI is InChI=1S/C25H19FN6OS2/c1-16-7-2-5-11-21(16)32-23(17-8-6-12-27-13-17)30-31-25(32)35-15-22-28-20(14-34-22)24(33)29-19-10-4-3-9-18(19)26/h2-14H,15H2,1H3,(H,29,33). The normalized spacial score (nSPS) is 10.9. The summed E-state index contributed by atoms with van der Waals surface area (Å²) < 4.78 is 15.9. The number of nitrogens with zero attached hydrogens (tertiary/aromatic N) is 5. The average Bonchev–Trinajstić information content (AvgIpc) is 3.52. The number of thioether (sulfide) groups is 1. The van der Waals surface area contributed by atoms with Crippen LogP contribution in [0.25, 0.3) is 17.1 Å². The summed E-state index contributed by atoms with van der Waals surface area (Å²) in [6, 6.07) is 17.9. The van der Waals surface area contributed by atoms with E-state index in [4.69, 9.17) is 0 Å². The number of carbonyl (C=O) groups excluding carboxylic acids is 1. The molecule has 0 bridgehead atoms. The van der Waals surface area contributed by atoms with E-state index < -0.39 is 11.7 Å². The maximum Gasteiger partial charge on any atom is 0.275 e. The van der Waals surface area contributed by atoms with E-state index in [-0.39, 0.29) is 11.4 Å². The second kappa shape index (κ2) is 10.2. The molecule has 5 rings (SSSR count). The van der Waals surface area contributed by atoms with Crippen LogP contribution in [0.3, 0.4) is 0 Å². The minimum Gasteiger partial charge on any atom is -0.318 e. The molecule has 1 N–H and O–H groups in total. The number of anilines is 1. The van der Waals surface area contributed by atoms with Crippen molar-refractivity contribution in [1.29, 1.82) is 0 Å². The maximum atomic E-state index is 13.9. The van der Waals surface area contributed by atoms with Crippen LogP contribution in [-0.4, -0.2) is 30.6 Å². The lowest BCUT2D eigenvalue weighted by Crippen LogP contribution is -2.13. The molecular formula is C25H19FN6OS2. The maximum absolute atomic E-state index is 13.9. The Balaban J connectivity index is 1.38. The second-order valence-electron chi connectivity index (χ2n) is 7.52. The Hall–Kier alpha value is -3.89. The number of para-hydroxylation sites is 2. The van der Waals surface area contributed by atoms with Gasteiger partial charge in [0.05, 0.1) is 17.1 Å². The van der Waals surface area contributed by atoms with Crippen LogP contribution in [-0.2, 0) is 5.75 Å². The molecular weight excluding hydrogens is 483 g/mol. The van der Waals surface area contributed by atoms with Gasteiger partial charge in [-0.05, 0) is 42.8 Å². The third-order valence-electron chi connectivity index (χ3n) is 5.14. The van der Waals surface area contributed by atoms with Gasteiger partial charge < -0.3 is 5.32 Å². The Morgan fingerprint density at radius 2 is 1.91 bits per heavy atom. The lowest BCUT2D eigenvalue weighted by molar-refractivity contribution is 0.102. The number of halogens is 1. The predicted octanol–water partition coefficient (Wildman–Crippen LogP) is 5.78. The SMILES string of the molecule is Cc1ccccc1-n1c(SCc2nc(C(=O)Nc3ccccc3F)cs2)nnc1-c1cccnc1. The summed E-state index contributed by atoms with van der Waals surface area (Å²) in [6.45, 7) is 2.04. The molecule has 0 aliphatic carbocycles. The second-order valence-corrected chi connectivity index (χ2v) is 9.40. The van der Waals surface area contributed by atoms with Crippen molar-refractivity contribution in [3.8, 4) is 17.1 Å². The topological polar surface area (TPSA) is 85.6 Å². The third-order valence-corrected chi connectivity index (χ3v) is 7.11. The summed E-state index contributed by atoms with van der Waals surface area (Å²) in [5, 5.41) is 14.6. The number of thiazole rings is 1. The Bertz CT molecular complexity index is 1480. The molecule has 174 valence electrons. The predicted molar refractivity (Wildman–Crippen MR) is 135 cm³/mol. The number of nitrogens with one attached hydrogen (secondary N) is 1. The molecule has 1 amide bonds. The van der Waals surface area contributed by atoms with Crippen LogP contribution in [0.5, 0.6) is 0 Å². The average molecular weight is 503 g/mol. The smallest absolute Gasteiger partial charge is 0.275 e. The van der Waals surface area contributed by atoms with Crippen molar-refractivity contribution in [2.24, 2.45) is 0 Å². The summed E-state index contributed by atoms with van der Waals surface area (Å²) in [4.78, 5) is 21.2. The quantitative estimate of drug-likeness (QED) is 0.284. The van der Waals surface area contributed by atoms with E-state index in [1.54, 1.807) is 29.9 Å². The highest BCUT2D eigenvalue weighted by Gasteiger charge is 2.19. The van der Waals surface area contributed by atoms with Crippen molar-refractivity contribution < 1.29 is 9.18 Å². The van der Waals surface area contributed by atoms with Crippen molar-refractivity contribution in [3.05, 3.63) is 101 Å². The minimum absolute atomic E-state index is 0.121. The number of pyridine rings is 1. The summed E-state index contributed by atoms with van der Waals surface area (Å²) >= 11 is 2.84. The van der Waals surface area contributed by atoms with E-state index in [9.17, 15) is 9.18 Å². The molecule has 35 heavy (non-hydrogen) atoms. The highest BCUT2D eigenvalue weighted by molar-refractivity contribution is 7.98. The van der Waals surface area contributed by atoms with Crippen LogP contribution >= 0.6 is 23.1 Å². The first-order valence-electron chi connectivity index (χ1n) is 10.6. The largest absolute Gasteiger partial charge is 0.318 e. The van der Waals surface area contributed by atoms with Gasteiger partial charge in [0.25, 0.3) is 5.91 Å². The fourth-order valence-electron chi connectivity index (χ4n) is 3.43. The molecule has 0 saturated carbocycles. The Labute approximate surface area is 209 Å². The molecule has 0 spiro atoms. The van der Waals surface area contributed by atoms with E-state index >= 15 is 0 Å². The zero-order valence-corrected chi connectivity index (χ0v) is 20.2. The van der Waals surface area contributed by atoms with Crippen LogP contribution in [0.1, 0.15) is 21.1 Å². The Morgan fingerprint density at radius 3 is 2.71 bits per heavy atom. The van der Waals surface area contributed by atoms with Gasteiger partial charge in [-0.25, -0.2) is 9.37 Å². The first-order valence-corrected chi connectivity index (χ1v) is 12.5. The van der Waals surface area contributed by atoms with Crippen molar-refractivity contribution in [2.75, 3.05) is 5.32 Å². The highest BCUT2D eigenvalue weighted by Crippen LogP contribution is 2.31. The van der Waals surface area contributed by atoms with Gasteiger partial charge in [0.2, 0.25) is 0 Å². The third kappa shape index (κ3) is 4.98. The van der Waals surface area contributed by atoms with Gasteiger partial charge in [0, 0.05) is 23.3 Å². The number of amides is 1. The fourth-order valence-corrected chi connectivity index (χ4v) is 5.17. The number of benzene rings is 2. The van der Waals surface area contributed by atoms with Gasteiger partial charge in [-0.15, -0.1) is 21.5 Å². The minimum atomic E-state index is -0.494. The monoisotopic (exact) mass is 502 g/mol. The van der Waals surface area contributed by atoms with E-state index in [1.807, 2.05) is 47.9 Å². The summed E-state index contributed by atoms with van der Waals surface area (Å²) in [5.41, 5.74) is 3.28. The zero-order chi connectivity index (χ0) is 24.2. The van der Waals surface area contributed by atoms with E-state index in [0.29, 0.717) is 16.7 Å². The van der Waals surface area contributed by atoms with Crippen molar-refractivity contribution in [3.63, 3.8) is 0 Å². The number of aromatic nitrogens is 5. The lowest BCUT2D eigenvalue weighted by atomic mass is 10.2. The van der Waals surface area contributed by atoms with Gasteiger partial charge in [0.15, 0.2) is 11.0 Å². The van der Waals surface area contributed by atoms with Gasteiger partial charge >= 0.3 is 0 Å². The number of hydrogen-bond acceptors (Lipinski definition) is 7. The van der Waals surface area contributed by atoms with Crippen molar-refractivity contribution in [1.82, 2.24) is 24.7 Å². The molecule has 0 radical (unpaired) electrons. The first-order chi connectivity index (χ1) is 17.1. The van der Waals surface area contributed by atoms with Crippen LogP contribution < -0.4 is 5.32 Å². The summed E-state index contributed by atoms with van der Waals surface area (Å²) in [5.74, 6) is 0.240. The number of aryl methyl sites for hydroxylation is 1. The molecule has 0 fully saturated rings. The number of carbonyl (C=O) groups is 1. The lowest BCUT2D eigenvalue weighted by Gasteiger charge is -2.12. The molecule has 3 heterocycles. The summed E-state index contributed by atoms with van der Waals surface area (Å²) in [7, 11) is 0. The van der Waals surface area contributed by atoms with Crippen LogP contribution in [0.4, 0.5) is 10.1 Å². The van der Waals surface area contributed by atoms with E-state index in [0.717, 1.165) is 21.8 Å². The number of rotatable bonds is 7. The van der Waals surface area contributed by atoms with Gasteiger partial charge in [-0.2, -0.15) is 0 Å². The fraction of sp³-hybridized carbons (Fsp3) is 0.0800. The number of hydrogen-bond donors (Lipinski definition) is 1. The van der Waals surface area contributed by atoms with Crippen LogP contribution in [0, 0.1) is 12.7 Å². The van der Waals surface area contributed by atoms with Gasteiger partial charge in [0.1, 0.15) is 16.5 Å². The Kier molecular flexibility index (Phi) is 6.64. The van der Waals surface area contributed by atoms with E-state index in [1.165, 1.54) is 35.2 Å². The van der Waals surface area contributed by atoms with Gasteiger partial charge in [-0.3, -0.25) is 14.3 Å². The van der Waals surface area contributed by atoms with Crippen molar-refractivity contribution in [2.45, 2.75) is 17.8 Å².